The summed E-state index contributed by atoms with van der Waals surface area (Å²) in [5.74, 6) is 4.22. The smallest absolute Gasteiger partial charge is 0.273 e. The Bertz CT molecular complexity index is 115. The second-order valence-corrected chi connectivity index (χ2v) is 1.78. The maximum atomic E-state index is 9.32. The summed E-state index contributed by atoms with van der Waals surface area (Å²) in [6.07, 6.45) is 0. The number of nitrogens with one attached hydrogen (secondary N) is 1. The summed E-state index contributed by atoms with van der Waals surface area (Å²) in [5, 5.41) is 0. The van der Waals surface area contributed by atoms with Crippen molar-refractivity contribution in [3.8, 4) is 0 Å². The minimum absolute atomic E-state index is 0. The predicted molar refractivity (Wildman–Crippen MR) is 25.6 cm³/mol. The van der Waals surface area contributed by atoms with Crippen molar-refractivity contribution in [2.24, 2.45) is 5.84 Å². The molecular weight excluding hydrogens is 120 g/mol. The third-order valence-corrected chi connectivity index (χ3v) is 0.447. The van der Waals surface area contributed by atoms with Crippen LogP contribution in [0.15, 0.2) is 0 Å². The fourth-order valence-electron chi connectivity index (χ4n) is 0. The summed E-state index contributed by atoms with van der Waals surface area (Å²) in [4.78, 5) is 1.13. The Hall–Kier alpha value is -0.170. The van der Waals surface area contributed by atoms with Crippen LogP contribution in [-0.4, -0.2) is 13.0 Å². The molecule has 46 valence electrons. The lowest BCUT2D eigenvalue weighted by Gasteiger charge is -1.83. The summed E-state index contributed by atoms with van der Waals surface area (Å²) >= 11 is 0. The van der Waals surface area contributed by atoms with Gasteiger partial charge in [0.05, 0.1) is 0 Å². The highest BCUT2D eigenvalue weighted by atomic mass is 32.2. The van der Waals surface area contributed by atoms with E-state index in [0.717, 1.165) is 4.83 Å². The Labute approximate surface area is 42.4 Å². The molecule has 0 bridgehead atoms. The minimum Gasteiger partial charge on any atom is -0.273 e. The van der Waals surface area contributed by atoms with E-state index in [1.807, 2.05) is 0 Å². The van der Waals surface area contributed by atoms with Crippen LogP contribution in [0.3, 0.4) is 0 Å². The number of nitrogens with two attached hydrogens (primary N) is 1. The van der Waals surface area contributed by atoms with Gasteiger partial charge in [0.2, 0.25) is 0 Å². The van der Waals surface area contributed by atoms with Crippen molar-refractivity contribution in [3.05, 3.63) is 0 Å². The molecule has 0 aliphatic rings. The summed E-state index contributed by atoms with van der Waals surface area (Å²) in [6, 6.07) is 0. The molecule has 0 heterocycles. The van der Waals surface area contributed by atoms with E-state index in [4.69, 9.17) is 4.55 Å². The summed E-state index contributed by atoms with van der Waals surface area (Å²) in [5.41, 5.74) is 0. The lowest BCUT2D eigenvalue weighted by atomic mass is 12.0. The van der Waals surface area contributed by atoms with Gasteiger partial charge in [-0.3, -0.25) is 10.4 Å². The normalized spacial score (nSPS) is 10.0. The average Bonchev–Trinajstić information content (AvgIpc) is 1.35. The lowest BCUT2D eigenvalue weighted by Crippen LogP contribution is -2.29. The van der Waals surface area contributed by atoms with E-state index in [1.165, 1.54) is 0 Å². The highest BCUT2D eigenvalue weighted by Crippen LogP contribution is 1.58. The molecule has 0 rings (SSSR count). The van der Waals surface area contributed by atoms with Crippen LogP contribution < -0.4 is 10.7 Å². The number of hydrazine groups is 1. The molecule has 0 aliphatic heterocycles. The van der Waals surface area contributed by atoms with Crippen molar-refractivity contribution in [2.75, 3.05) is 0 Å². The largest absolute Gasteiger partial charge is 0.346 e. The zero-order valence-corrected chi connectivity index (χ0v) is 3.57. The average molecular weight is 128 g/mol. The van der Waals surface area contributed by atoms with Crippen LogP contribution in [0.1, 0.15) is 7.43 Å². The fraction of sp³-hybridized carbons (Fsp3) is 1.00. The molecule has 0 saturated carbocycles. The Morgan fingerprint density at radius 1 is 1.57 bits per heavy atom. The van der Waals surface area contributed by atoms with E-state index in [-0.39, 0.29) is 7.43 Å². The number of hydrogen-bond acceptors (Lipinski definition) is 3. The zero-order chi connectivity index (χ0) is 5.21. The van der Waals surface area contributed by atoms with Crippen LogP contribution in [0, 0.1) is 0 Å². The fourth-order valence-corrected chi connectivity index (χ4v) is 0. The molecule has 0 aromatic carbocycles. The molecule has 0 amide bonds. The highest BCUT2D eigenvalue weighted by Gasteiger charge is 1.91. The van der Waals surface area contributed by atoms with Gasteiger partial charge in [0.25, 0.3) is 0 Å². The molecule has 0 radical (unpaired) electrons. The molecule has 0 aromatic heterocycles. The van der Waals surface area contributed by atoms with Crippen LogP contribution in [0.2, 0.25) is 0 Å². The minimum atomic E-state index is -4.13. The summed E-state index contributed by atoms with van der Waals surface area (Å²) < 4.78 is 26.2. The Kier molecular flexibility index (Phi) is 4.14. The molecule has 0 saturated heterocycles. The lowest BCUT2D eigenvalue weighted by molar-refractivity contribution is 0.469. The van der Waals surface area contributed by atoms with Gasteiger partial charge in [-0.2, -0.15) is 8.42 Å². The van der Waals surface area contributed by atoms with E-state index < -0.39 is 10.3 Å². The van der Waals surface area contributed by atoms with E-state index in [9.17, 15) is 8.42 Å². The molecule has 0 aromatic rings. The molecule has 0 spiro atoms. The maximum Gasteiger partial charge on any atom is 0.346 e. The van der Waals surface area contributed by atoms with Crippen LogP contribution in [0.5, 0.6) is 0 Å². The van der Waals surface area contributed by atoms with Crippen molar-refractivity contribution in [2.45, 2.75) is 7.43 Å². The molecule has 7 heavy (non-hydrogen) atoms. The van der Waals surface area contributed by atoms with Gasteiger partial charge in [0, 0.05) is 0 Å². The topological polar surface area (TPSA) is 92.4 Å². The van der Waals surface area contributed by atoms with Gasteiger partial charge in [-0.05, 0) is 0 Å². The Balaban J connectivity index is 0. The number of hydrogen-bond donors (Lipinski definition) is 3. The molecule has 0 unspecified atom stereocenters. The van der Waals surface area contributed by atoms with E-state index in [1.54, 1.807) is 0 Å². The van der Waals surface area contributed by atoms with Gasteiger partial charge in [-0.25, -0.2) is 0 Å². The SMILES string of the molecule is C.NNS(=O)(=O)O. The molecule has 0 atom stereocenters. The zero-order valence-electron chi connectivity index (χ0n) is 2.75. The Morgan fingerprint density at radius 2 is 1.71 bits per heavy atom. The van der Waals surface area contributed by atoms with Crippen molar-refractivity contribution < 1.29 is 13.0 Å². The second kappa shape index (κ2) is 2.92. The van der Waals surface area contributed by atoms with Gasteiger partial charge < -0.3 is 0 Å². The van der Waals surface area contributed by atoms with Gasteiger partial charge in [0.15, 0.2) is 0 Å². The van der Waals surface area contributed by atoms with Gasteiger partial charge >= 0.3 is 10.3 Å². The second-order valence-electron chi connectivity index (χ2n) is 0.593. The number of rotatable bonds is 1. The van der Waals surface area contributed by atoms with Crippen LogP contribution >= 0.6 is 0 Å². The third kappa shape index (κ3) is 10.7. The molecule has 0 fully saturated rings. The quantitative estimate of drug-likeness (QED) is 0.237. The molecule has 6 heteroatoms. The van der Waals surface area contributed by atoms with E-state index in [2.05, 4.69) is 5.84 Å². The Morgan fingerprint density at radius 3 is 1.71 bits per heavy atom. The van der Waals surface area contributed by atoms with Crippen molar-refractivity contribution >= 4 is 10.3 Å². The predicted octanol–water partition coefficient (Wildman–Crippen LogP) is -1.11. The first-order chi connectivity index (χ1) is 2.56. The van der Waals surface area contributed by atoms with Crippen LogP contribution in [0.4, 0.5) is 0 Å². The standard InChI is InChI=1S/CH4.H4N2O3S/c;1-2-6(3,4)5/h1H4;2H,1H2,(H,3,4,5). The van der Waals surface area contributed by atoms with Crippen LogP contribution in [-0.2, 0) is 10.3 Å². The van der Waals surface area contributed by atoms with Crippen LogP contribution in [0.25, 0.3) is 0 Å². The van der Waals surface area contributed by atoms with Gasteiger partial charge in [0.1, 0.15) is 0 Å². The molecule has 0 aliphatic carbocycles. The molecular formula is CH8N2O3S. The highest BCUT2D eigenvalue weighted by molar-refractivity contribution is 7.83. The summed E-state index contributed by atoms with van der Waals surface area (Å²) in [6.45, 7) is 0. The third-order valence-electron chi connectivity index (χ3n) is 0.149. The maximum absolute atomic E-state index is 9.32. The van der Waals surface area contributed by atoms with E-state index >= 15 is 0 Å². The summed E-state index contributed by atoms with van der Waals surface area (Å²) in [7, 11) is -4.13. The van der Waals surface area contributed by atoms with E-state index in [0.29, 0.717) is 0 Å². The molecule has 4 N–H and O–H groups in total. The van der Waals surface area contributed by atoms with Crippen molar-refractivity contribution in [1.29, 1.82) is 0 Å². The monoisotopic (exact) mass is 128 g/mol. The first-order valence-electron chi connectivity index (χ1n) is 1.01. The van der Waals surface area contributed by atoms with Crippen molar-refractivity contribution in [1.82, 2.24) is 4.83 Å². The first kappa shape index (κ1) is 9.95. The van der Waals surface area contributed by atoms with Crippen molar-refractivity contribution in [3.63, 3.8) is 0 Å². The first-order valence-corrected chi connectivity index (χ1v) is 2.45. The van der Waals surface area contributed by atoms with Gasteiger partial charge in [-0.1, -0.05) is 7.43 Å². The van der Waals surface area contributed by atoms with Gasteiger partial charge in [-0.15, -0.1) is 4.83 Å². The molecule has 5 nitrogen and oxygen atoms in total.